The number of hydrogen-bond donors (Lipinski definition) is 1. The molecule has 0 fully saturated rings. The number of nitrogens with zero attached hydrogens (tertiary/aromatic N) is 1. The van der Waals surface area contributed by atoms with Gasteiger partial charge in [-0.3, -0.25) is 10.1 Å². The zero-order valence-electron chi connectivity index (χ0n) is 10.2. The van der Waals surface area contributed by atoms with Crippen LogP contribution in [0.5, 0.6) is 5.75 Å². The first-order valence-corrected chi connectivity index (χ1v) is 8.07. The van der Waals surface area contributed by atoms with Crippen LogP contribution in [0.2, 0.25) is 0 Å². The van der Waals surface area contributed by atoms with Crippen LogP contribution < -0.4 is 9.88 Å². The maximum absolute atomic E-state index is 10.8. The number of benzene rings is 1. The second-order valence-corrected chi connectivity index (χ2v) is 6.47. The maximum atomic E-state index is 10.8. The Hall–Kier alpha value is -1.32. The van der Waals surface area contributed by atoms with Crippen molar-refractivity contribution in [2.45, 2.75) is 11.8 Å². The Labute approximate surface area is 115 Å². The van der Waals surface area contributed by atoms with E-state index in [1.807, 2.05) is 0 Å². The van der Waals surface area contributed by atoms with Crippen molar-refractivity contribution in [1.29, 1.82) is 0 Å². The number of rotatable bonds is 7. The molecular weight excluding hydrogens is 292 g/mol. The summed E-state index contributed by atoms with van der Waals surface area (Å²) in [7, 11) is -3.53. The van der Waals surface area contributed by atoms with E-state index in [9.17, 15) is 18.5 Å². The Morgan fingerprint density at radius 1 is 1.42 bits per heavy atom. The van der Waals surface area contributed by atoms with E-state index >= 15 is 0 Å². The monoisotopic (exact) mass is 306 g/mol. The summed E-state index contributed by atoms with van der Waals surface area (Å²) < 4.78 is 26.8. The molecule has 1 aromatic rings. The molecule has 0 saturated heterocycles. The molecule has 1 aromatic carbocycles. The van der Waals surface area contributed by atoms with E-state index in [4.69, 9.17) is 9.88 Å². The highest BCUT2D eigenvalue weighted by atomic mass is 32.2. The van der Waals surface area contributed by atoms with Gasteiger partial charge in [0.1, 0.15) is 5.75 Å². The van der Waals surface area contributed by atoms with Crippen molar-refractivity contribution >= 4 is 27.5 Å². The van der Waals surface area contributed by atoms with E-state index in [0.717, 1.165) is 0 Å². The van der Waals surface area contributed by atoms with Crippen molar-refractivity contribution in [3.05, 3.63) is 28.3 Å². The van der Waals surface area contributed by atoms with E-state index in [1.165, 1.54) is 23.9 Å². The summed E-state index contributed by atoms with van der Waals surface area (Å²) in [6.45, 7) is 2.16. The highest BCUT2D eigenvalue weighted by Crippen LogP contribution is 2.29. The van der Waals surface area contributed by atoms with E-state index in [-0.39, 0.29) is 17.2 Å². The van der Waals surface area contributed by atoms with Gasteiger partial charge in [-0.15, -0.1) is 11.8 Å². The number of hydrogen-bond acceptors (Lipinski definition) is 6. The lowest BCUT2D eigenvalue weighted by Crippen LogP contribution is -2.17. The summed E-state index contributed by atoms with van der Waals surface area (Å²) in [6.07, 6.45) is 0. The molecular formula is C10H14N2O5S2. The summed E-state index contributed by atoms with van der Waals surface area (Å²) in [4.78, 5) is 10.8. The predicted molar refractivity (Wildman–Crippen MR) is 73.0 cm³/mol. The molecule has 0 saturated carbocycles. The standard InChI is InChI=1S/C10H14N2O5S2/c1-2-17-9-5-8(12(13)14)6-10(7-9)18-3-4-19(11,15)16/h5-7H,2-4H2,1H3,(H2,11,15,16). The van der Waals surface area contributed by atoms with Crippen LogP contribution in [0.3, 0.4) is 0 Å². The lowest BCUT2D eigenvalue weighted by Gasteiger charge is -2.06. The summed E-state index contributed by atoms with van der Waals surface area (Å²) in [5, 5.41) is 15.6. The molecule has 2 N–H and O–H groups in total. The molecule has 9 heteroatoms. The first-order valence-electron chi connectivity index (χ1n) is 5.37. The predicted octanol–water partition coefficient (Wildman–Crippen LogP) is 1.37. The number of sulfonamides is 1. The van der Waals surface area contributed by atoms with Crippen molar-refractivity contribution in [3.63, 3.8) is 0 Å². The average molecular weight is 306 g/mol. The van der Waals surface area contributed by atoms with Crippen LogP contribution in [0, 0.1) is 10.1 Å². The van der Waals surface area contributed by atoms with Gasteiger partial charge in [0.2, 0.25) is 10.0 Å². The van der Waals surface area contributed by atoms with Gasteiger partial charge < -0.3 is 4.74 Å². The fourth-order valence-corrected chi connectivity index (χ4v) is 3.17. The minimum Gasteiger partial charge on any atom is -0.494 e. The first kappa shape index (κ1) is 15.7. The average Bonchev–Trinajstić information content (AvgIpc) is 2.27. The minimum atomic E-state index is -3.53. The van der Waals surface area contributed by atoms with E-state index in [1.54, 1.807) is 13.0 Å². The number of thioether (sulfide) groups is 1. The molecule has 0 atom stereocenters. The first-order chi connectivity index (χ1) is 8.81. The molecule has 0 amide bonds. The van der Waals surface area contributed by atoms with Gasteiger partial charge in [-0.1, -0.05) is 0 Å². The number of nitrogens with two attached hydrogens (primary N) is 1. The molecule has 0 aliphatic heterocycles. The second kappa shape index (κ2) is 6.73. The molecule has 0 radical (unpaired) electrons. The molecule has 0 heterocycles. The number of non-ortho nitro benzene ring substituents is 1. The van der Waals surface area contributed by atoms with Crippen LogP contribution in [0.1, 0.15) is 6.92 Å². The third kappa shape index (κ3) is 5.90. The zero-order valence-corrected chi connectivity index (χ0v) is 11.9. The maximum Gasteiger partial charge on any atom is 0.274 e. The Bertz CT molecular complexity index is 559. The molecule has 0 bridgehead atoms. The summed E-state index contributed by atoms with van der Waals surface area (Å²) in [6, 6.07) is 4.33. The number of ether oxygens (including phenoxy) is 1. The van der Waals surface area contributed by atoms with E-state index in [2.05, 4.69) is 0 Å². The third-order valence-electron chi connectivity index (χ3n) is 2.02. The van der Waals surface area contributed by atoms with E-state index in [0.29, 0.717) is 17.3 Å². The fraction of sp³-hybridized carbons (Fsp3) is 0.400. The van der Waals surface area contributed by atoms with Crippen molar-refractivity contribution in [2.24, 2.45) is 5.14 Å². The quantitative estimate of drug-likeness (QED) is 0.462. The molecule has 19 heavy (non-hydrogen) atoms. The molecule has 1 rings (SSSR count). The SMILES string of the molecule is CCOc1cc(SCCS(N)(=O)=O)cc([N+](=O)[O-])c1. The molecule has 106 valence electrons. The molecule has 0 aromatic heterocycles. The van der Waals surface area contributed by atoms with Crippen LogP contribution in [0.25, 0.3) is 0 Å². The topological polar surface area (TPSA) is 113 Å². The minimum absolute atomic E-state index is 0.0935. The molecule has 0 aliphatic rings. The Morgan fingerprint density at radius 3 is 2.63 bits per heavy atom. The van der Waals surface area contributed by atoms with Crippen LogP contribution in [-0.4, -0.2) is 31.5 Å². The Balaban J connectivity index is 2.84. The van der Waals surface area contributed by atoms with Gasteiger partial charge in [0.25, 0.3) is 5.69 Å². The van der Waals surface area contributed by atoms with Crippen LogP contribution in [0.15, 0.2) is 23.1 Å². The fourth-order valence-electron chi connectivity index (χ4n) is 1.27. The molecule has 0 unspecified atom stereocenters. The van der Waals surface area contributed by atoms with Crippen LogP contribution in [-0.2, 0) is 10.0 Å². The van der Waals surface area contributed by atoms with Gasteiger partial charge in [-0.05, 0) is 13.0 Å². The Morgan fingerprint density at radius 2 is 2.11 bits per heavy atom. The highest BCUT2D eigenvalue weighted by molar-refractivity contribution is 8.00. The second-order valence-electron chi connectivity index (χ2n) is 3.57. The molecule has 0 spiro atoms. The lowest BCUT2D eigenvalue weighted by atomic mass is 10.3. The number of nitro benzene ring substituents is 1. The smallest absolute Gasteiger partial charge is 0.274 e. The number of primary sulfonamides is 1. The normalized spacial score (nSPS) is 11.3. The van der Waals surface area contributed by atoms with Crippen molar-refractivity contribution < 1.29 is 18.1 Å². The lowest BCUT2D eigenvalue weighted by molar-refractivity contribution is -0.385. The van der Waals surface area contributed by atoms with Gasteiger partial charge in [0.05, 0.1) is 23.3 Å². The van der Waals surface area contributed by atoms with Crippen molar-refractivity contribution in [2.75, 3.05) is 18.1 Å². The van der Waals surface area contributed by atoms with Gasteiger partial charge in [-0.25, -0.2) is 13.6 Å². The van der Waals surface area contributed by atoms with Gasteiger partial charge in [0.15, 0.2) is 0 Å². The van der Waals surface area contributed by atoms with Crippen molar-refractivity contribution in [3.8, 4) is 5.75 Å². The molecule has 7 nitrogen and oxygen atoms in total. The van der Waals surface area contributed by atoms with E-state index < -0.39 is 14.9 Å². The zero-order chi connectivity index (χ0) is 14.5. The summed E-state index contributed by atoms with van der Waals surface area (Å²) >= 11 is 1.18. The van der Waals surface area contributed by atoms with Gasteiger partial charge in [-0.2, -0.15) is 0 Å². The Kier molecular flexibility index (Phi) is 5.58. The van der Waals surface area contributed by atoms with Crippen LogP contribution >= 0.6 is 11.8 Å². The highest BCUT2D eigenvalue weighted by Gasteiger charge is 2.11. The van der Waals surface area contributed by atoms with Gasteiger partial charge >= 0.3 is 0 Å². The van der Waals surface area contributed by atoms with Crippen LogP contribution in [0.4, 0.5) is 5.69 Å². The number of nitro groups is 1. The molecule has 0 aliphatic carbocycles. The largest absolute Gasteiger partial charge is 0.494 e. The third-order valence-corrected chi connectivity index (χ3v) is 4.03. The van der Waals surface area contributed by atoms with Crippen molar-refractivity contribution in [1.82, 2.24) is 0 Å². The summed E-state index contributed by atoms with van der Waals surface area (Å²) in [5.74, 6) is 0.422. The van der Waals surface area contributed by atoms with Gasteiger partial charge in [0, 0.05) is 16.7 Å². The summed E-state index contributed by atoms with van der Waals surface area (Å²) in [5.41, 5.74) is -0.0935.